The van der Waals surface area contributed by atoms with E-state index in [1.54, 1.807) is 0 Å². The van der Waals surface area contributed by atoms with Gasteiger partial charge in [0.15, 0.2) is 0 Å². The van der Waals surface area contributed by atoms with E-state index in [9.17, 15) is 53.9 Å². The maximum absolute atomic E-state index is 13.5. The van der Waals surface area contributed by atoms with Gasteiger partial charge in [0, 0.05) is 13.8 Å². The summed E-state index contributed by atoms with van der Waals surface area (Å²) in [5.74, 6) is -25.4. The number of hydrogen-bond donors (Lipinski definition) is 0. The highest BCUT2D eigenvalue weighted by atomic mass is 28.4. The SMILES string of the molecule is CC[Si](OC(C)=O)(OC(C)=O)OC(=O)CC(F)(F)C(F)(F)C(F)(F)C(F)(F)F. The monoisotopic (exact) mass is 452 g/mol. The normalized spacial score (nSPS) is 13.7. The van der Waals surface area contributed by atoms with Crippen LogP contribution in [0.15, 0.2) is 0 Å². The molecule has 0 unspecified atom stereocenters. The van der Waals surface area contributed by atoms with Gasteiger partial charge in [0.05, 0.1) is 6.04 Å². The maximum Gasteiger partial charge on any atom is 0.704 e. The molecule has 0 amide bonds. The van der Waals surface area contributed by atoms with Gasteiger partial charge in [0.2, 0.25) is 0 Å². The molecule has 16 heteroatoms. The van der Waals surface area contributed by atoms with Crippen molar-refractivity contribution in [1.82, 2.24) is 0 Å². The highest BCUT2D eigenvalue weighted by molar-refractivity contribution is 6.65. The zero-order valence-electron chi connectivity index (χ0n) is 14.3. The first-order chi connectivity index (χ1) is 12.2. The topological polar surface area (TPSA) is 78.9 Å². The molecule has 0 atom stereocenters. The van der Waals surface area contributed by atoms with Crippen LogP contribution >= 0.6 is 0 Å². The zero-order valence-corrected chi connectivity index (χ0v) is 15.3. The van der Waals surface area contributed by atoms with Gasteiger partial charge in [-0.2, -0.15) is 39.5 Å². The summed E-state index contributed by atoms with van der Waals surface area (Å²) >= 11 is 0. The molecule has 0 radical (unpaired) electrons. The maximum atomic E-state index is 13.5. The van der Waals surface area contributed by atoms with Gasteiger partial charge in [-0.15, -0.1) is 0 Å². The second kappa shape index (κ2) is 8.16. The summed E-state index contributed by atoms with van der Waals surface area (Å²) in [5.41, 5.74) is 0. The van der Waals surface area contributed by atoms with E-state index < -0.39 is 63.1 Å². The molecule has 0 aliphatic rings. The summed E-state index contributed by atoms with van der Waals surface area (Å²) in [6, 6.07) is -0.626. The zero-order chi connectivity index (χ0) is 22.8. The van der Waals surface area contributed by atoms with Crippen molar-refractivity contribution >= 4 is 26.7 Å². The van der Waals surface area contributed by atoms with Crippen LogP contribution in [0.4, 0.5) is 39.5 Å². The van der Waals surface area contributed by atoms with E-state index in [1.165, 1.54) is 0 Å². The highest BCUT2D eigenvalue weighted by Crippen LogP contribution is 2.54. The first-order valence-corrected chi connectivity index (χ1v) is 8.99. The van der Waals surface area contributed by atoms with Crippen molar-refractivity contribution in [3.8, 4) is 0 Å². The van der Waals surface area contributed by atoms with Crippen molar-refractivity contribution in [3.63, 3.8) is 0 Å². The Balaban J connectivity index is 5.71. The van der Waals surface area contributed by atoms with E-state index in [2.05, 4.69) is 13.3 Å². The van der Waals surface area contributed by atoms with Crippen LogP contribution < -0.4 is 0 Å². The summed E-state index contributed by atoms with van der Waals surface area (Å²) in [6.07, 6.45) is -10.0. The van der Waals surface area contributed by atoms with E-state index in [1.807, 2.05) is 0 Å². The standard InChI is InChI=1S/C12H13F9O6Si/c1-4-28(25-6(2)22,26-7(3)23)27-8(24)5-9(13,14)10(15,16)11(17,18)12(19,20)21/h4-5H2,1-3H3. The molecule has 0 fully saturated rings. The van der Waals surface area contributed by atoms with Crippen molar-refractivity contribution in [2.45, 2.75) is 57.2 Å². The van der Waals surface area contributed by atoms with Crippen LogP contribution in [0.3, 0.4) is 0 Å². The number of halogens is 9. The third kappa shape index (κ3) is 5.51. The van der Waals surface area contributed by atoms with E-state index in [4.69, 9.17) is 0 Å². The van der Waals surface area contributed by atoms with Gasteiger partial charge >= 0.3 is 38.7 Å². The largest absolute Gasteiger partial charge is 0.704 e. The Hall–Kier alpha value is -2.00. The van der Waals surface area contributed by atoms with E-state index in [0.717, 1.165) is 6.92 Å². The third-order valence-electron chi connectivity index (χ3n) is 2.88. The summed E-state index contributed by atoms with van der Waals surface area (Å²) in [5, 5.41) is 0. The van der Waals surface area contributed by atoms with Crippen molar-refractivity contribution in [1.29, 1.82) is 0 Å². The lowest BCUT2D eigenvalue weighted by molar-refractivity contribution is -0.395. The molecule has 0 aromatic carbocycles. The quantitative estimate of drug-likeness (QED) is 0.415. The Morgan fingerprint density at radius 3 is 1.43 bits per heavy atom. The molecule has 0 N–H and O–H groups in total. The van der Waals surface area contributed by atoms with Crippen molar-refractivity contribution in [3.05, 3.63) is 0 Å². The first kappa shape index (κ1) is 26.0. The lowest BCUT2D eigenvalue weighted by atomic mass is 10.0. The van der Waals surface area contributed by atoms with Crippen LogP contribution in [0.1, 0.15) is 27.2 Å². The first-order valence-electron chi connectivity index (χ1n) is 7.06. The van der Waals surface area contributed by atoms with Gasteiger partial charge in [-0.3, -0.25) is 14.4 Å². The molecule has 0 rings (SSSR count). The van der Waals surface area contributed by atoms with Gasteiger partial charge in [-0.05, 0) is 0 Å². The van der Waals surface area contributed by atoms with Gasteiger partial charge in [-0.1, -0.05) is 6.92 Å². The second-order valence-corrected chi connectivity index (χ2v) is 7.91. The van der Waals surface area contributed by atoms with E-state index in [-0.39, 0.29) is 0 Å². The molecule has 6 nitrogen and oxygen atoms in total. The van der Waals surface area contributed by atoms with E-state index >= 15 is 0 Å². The number of hydrogen-bond acceptors (Lipinski definition) is 6. The van der Waals surface area contributed by atoms with Crippen molar-refractivity contribution in [2.24, 2.45) is 0 Å². The molecule has 0 aliphatic carbocycles. The fourth-order valence-corrected chi connectivity index (χ4v) is 3.48. The Kier molecular flexibility index (Phi) is 7.58. The summed E-state index contributed by atoms with van der Waals surface area (Å²) < 4.78 is 128. The molecule has 28 heavy (non-hydrogen) atoms. The lowest BCUT2D eigenvalue weighted by Crippen LogP contribution is -2.61. The molecule has 0 spiro atoms. The van der Waals surface area contributed by atoms with Crippen LogP contribution in [0.25, 0.3) is 0 Å². The minimum atomic E-state index is -7.19. The van der Waals surface area contributed by atoms with Crippen LogP contribution in [-0.2, 0) is 27.7 Å². The third-order valence-corrected chi connectivity index (χ3v) is 5.48. The van der Waals surface area contributed by atoms with Crippen LogP contribution in [0.5, 0.6) is 0 Å². The van der Waals surface area contributed by atoms with Gasteiger partial charge < -0.3 is 13.3 Å². The van der Waals surface area contributed by atoms with Gasteiger partial charge in [0.1, 0.15) is 6.42 Å². The van der Waals surface area contributed by atoms with Gasteiger partial charge in [-0.25, -0.2) is 0 Å². The summed E-state index contributed by atoms with van der Waals surface area (Å²) in [7, 11) is -4.74. The molecule has 0 aliphatic heterocycles. The van der Waals surface area contributed by atoms with Crippen molar-refractivity contribution < 1.29 is 67.2 Å². The predicted octanol–water partition coefficient (Wildman–Crippen LogP) is 3.47. The summed E-state index contributed by atoms with van der Waals surface area (Å²) in [4.78, 5) is 33.5. The average molecular weight is 452 g/mol. The van der Waals surface area contributed by atoms with Crippen LogP contribution in [-0.4, -0.2) is 50.7 Å². The Morgan fingerprint density at radius 1 is 0.750 bits per heavy atom. The molecular formula is C12H13F9O6Si. The summed E-state index contributed by atoms with van der Waals surface area (Å²) in [6.45, 7) is 2.48. The Bertz CT molecular complexity index is 603. The molecule has 0 aromatic heterocycles. The predicted molar refractivity (Wildman–Crippen MR) is 71.4 cm³/mol. The number of carbonyl (C=O) groups excluding carboxylic acids is 3. The van der Waals surface area contributed by atoms with E-state index in [0.29, 0.717) is 13.8 Å². The fourth-order valence-electron chi connectivity index (χ4n) is 1.63. The van der Waals surface area contributed by atoms with Crippen molar-refractivity contribution in [2.75, 3.05) is 0 Å². The second-order valence-electron chi connectivity index (χ2n) is 5.23. The molecule has 0 heterocycles. The molecule has 0 saturated heterocycles. The lowest BCUT2D eigenvalue weighted by Gasteiger charge is -2.33. The molecule has 0 aromatic rings. The minimum absolute atomic E-state index is 0.626. The van der Waals surface area contributed by atoms with Crippen LogP contribution in [0.2, 0.25) is 6.04 Å². The molecule has 164 valence electrons. The number of alkyl halides is 9. The Morgan fingerprint density at radius 2 is 1.14 bits per heavy atom. The minimum Gasteiger partial charge on any atom is -0.455 e. The number of carbonyl (C=O) groups is 3. The smallest absolute Gasteiger partial charge is 0.455 e. The number of rotatable bonds is 8. The molecule has 0 bridgehead atoms. The average Bonchev–Trinajstić information content (AvgIpc) is 2.42. The van der Waals surface area contributed by atoms with Crippen LogP contribution in [0, 0.1) is 0 Å². The fraction of sp³-hybridized carbons (Fsp3) is 0.750. The Labute approximate surface area is 152 Å². The molecular weight excluding hydrogens is 439 g/mol. The van der Waals surface area contributed by atoms with Gasteiger partial charge in [0.25, 0.3) is 11.9 Å². The molecule has 0 saturated carbocycles. The highest BCUT2D eigenvalue weighted by Gasteiger charge is 2.82.